The molecule has 16 heteroatoms. The molecule has 0 radical (unpaired) electrons. The van der Waals surface area contributed by atoms with E-state index in [9.17, 15) is 14.4 Å². The number of ether oxygens (including phenoxy) is 2. The van der Waals surface area contributed by atoms with Crippen LogP contribution in [0.15, 0.2) is 99.1 Å². The van der Waals surface area contributed by atoms with E-state index in [-0.39, 0.29) is 36.1 Å². The second-order valence-corrected chi connectivity index (χ2v) is 15.8. The Morgan fingerprint density at radius 1 is 0.731 bits per heavy atom. The zero-order valence-electron chi connectivity index (χ0n) is 27.3. The molecule has 260 valence electrons. The smallest absolute Gasteiger partial charge is 0.336 e. The van der Waals surface area contributed by atoms with Crippen LogP contribution in [0, 0.1) is 6.92 Å². The predicted molar refractivity (Wildman–Crippen MR) is 198 cm³/mol. The number of hydrogen-bond donors (Lipinski definition) is 0. The third kappa shape index (κ3) is 7.27. The van der Waals surface area contributed by atoms with Gasteiger partial charge in [-0.3, -0.25) is 9.59 Å². The van der Waals surface area contributed by atoms with Crippen LogP contribution in [0.3, 0.4) is 0 Å². The molecule has 0 saturated carbocycles. The van der Waals surface area contributed by atoms with Crippen LogP contribution in [-0.4, -0.2) is 41.6 Å². The second-order valence-electron chi connectivity index (χ2n) is 11.6. The summed E-state index contributed by atoms with van der Waals surface area (Å²) in [6, 6.07) is 19.9. The van der Waals surface area contributed by atoms with Crippen molar-refractivity contribution < 1.29 is 23.5 Å². The van der Waals surface area contributed by atoms with Gasteiger partial charge in [-0.15, -0.1) is 55.5 Å². The van der Waals surface area contributed by atoms with Gasteiger partial charge < -0.3 is 13.9 Å². The summed E-state index contributed by atoms with van der Waals surface area (Å²) in [7, 11) is 0. The third-order valence-electron chi connectivity index (χ3n) is 7.85. The van der Waals surface area contributed by atoms with Crippen LogP contribution >= 0.6 is 45.3 Å². The molecule has 7 heterocycles. The summed E-state index contributed by atoms with van der Waals surface area (Å²) in [5.41, 5.74) is 1.59. The van der Waals surface area contributed by atoms with E-state index in [0.717, 1.165) is 15.3 Å². The number of hydrogen-bond acceptors (Lipinski definition) is 14. The minimum absolute atomic E-state index is 0.00904. The molecular weight excluding hydrogens is 741 g/mol. The summed E-state index contributed by atoms with van der Waals surface area (Å²) < 4.78 is 21.4. The number of nitrogens with zero attached hydrogens (tertiary/aromatic N) is 6. The molecule has 0 aliphatic heterocycles. The van der Waals surface area contributed by atoms with E-state index < -0.39 is 5.63 Å². The zero-order chi connectivity index (χ0) is 35.6. The largest absolute Gasteiger partial charge is 0.483 e. The molecule has 0 spiro atoms. The first-order valence-corrected chi connectivity index (χ1v) is 19.2. The lowest BCUT2D eigenvalue weighted by Crippen LogP contribution is -2.04. The molecule has 0 saturated heterocycles. The van der Waals surface area contributed by atoms with E-state index in [1.807, 2.05) is 72.3 Å². The number of aryl methyl sites for hydroxylation is 1. The van der Waals surface area contributed by atoms with Crippen molar-refractivity contribution in [2.75, 3.05) is 0 Å². The minimum Gasteiger partial charge on any atom is -0.483 e. The first-order valence-electron chi connectivity index (χ1n) is 15.8. The highest BCUT2D eigenvalue weighted by molar-refractivity contribution is 7.17. The average Bonchev–Trinajstić information content (AvgIpc) is 3.99. The summed E-state index contributed by atoms with van der Waals surface area (Å²) in [4.78, 5) is 42.5. The molecule has 0 fully saturated rings. The van der Waals surface area contributed by atoms with Gasteiger partial charge in [0.1, 0.15) is 24.6 Å². The minimum atomic E-state index is -0.511. The fourth-order valence-electron chi connectivity index (χ4n) is 5.40. The normalized spacial score (nSPS) is 11.3. The maximum Gasteiger partial charge on any atom is 0.336 e. The molecule has 0 aliphatic rings. The van der Waals surface area contributed by atoms with Crippen molar-refractivity contribution >= 4 is 67.9 Å². The highest BCUT2D eigenvalue weighted by atomic mass is 32.1. The van der Waals surface area contributed by atoms with Crippen LogP contribution in [0.1, 0.15) is 55.8 Å². The van der Waals surface area contributed by atoms with Gasteiger partial charge in [0.25, 0.3) is 0 Å². The predicted octanol–water partition coefficient (Wildman–Crippen LogP) is 7.25. The Labute approximate surface area is 311 Å². The number of carbonyl (C=O) groups is 2. The molecular formula is C36H26N6O6S4. The fourth-order valence-corrected chi connectivity index (χ4v) is 8.79. The molecule has 0 N–H and O–H groups in total. The van der Waals surface area contributed by atoms with Crippen LogP contribution < -0.4 is 15.1 Å². The lowest BCUT2D eigenvalue weighted by molar-refractivity contribution is 0.103. The fraction of sp³-hybridized carbons (Fsp3) is 0.139. The quantitative estimate of drug-likeness (QED) is 0.0820. The number of carbonyl (C=O) groups excluding carboxylic acids is 2. The number of rotatable bonds is 14. The van der Waals surface area contributed by atoms with Crippen LogP contribution in [0.2, 0.25) is 0 Å². The molecule has 8 rings (SSSR count). The molecule has 0 atom stereocenters. The number of aromatic nitrogens is 6. The Kier molecular flexibility index (Phi) is 9.42. The van der Waals surface area contributed by atoms with Gasteiger partial charge in [-0.05, 0) is 71.8 Å². The molecule has 7 aromatic heterocycles. The highest BCUT2D eigenvalue weighted by Gasteiger charge is 2.19. The number of thiophene rings is 4. The summed E-state index contributed by atoms with van der Waals surface area (Å²) in [6.45, 7) is 2.80. The molecule has 8 aromatic rings. The molecule has 0 unspecified atom stereocenters. The first-order chi connectivity index (χ1) is 25.4. The van der Waals surface area contributed by atoms with E-state index >= 15 is 0 Å². The molecule has 12 nitrogen and oxygen atoms in total. The van der Waals surface area contributed by atoms with Gasteiger partial charge in [0.15, 0.2) is 11.3 Å². The number of ketones is 2. The summed E-state index contributed by atoms with van der Waals surface area (Å²) in [6.07, 6.45) is 3.54. The van der Waals surface area contributed by atoms with Gasteiger partial charge in [0, 0.05) is 21.2 Å². The average molecular weight is 767 g/mol. The van der Waals surface area contributed by atoms with Crippen molar-refractivity contribution in [3.05, 3.63) is 147 Å². The maximum absolute atomic E-state index is 12.7. The lowest BCUT2D eigenvalue weighted by atomic mass is 10.1. The van der Waals surface area contributed by atoms with E-state index in [0.29, 0.717) is 55.1 Å². The van der Waals surface area contributed by atoms with Crippen LogP contribution in [-0.2, 0) is 26.3 Å². The zero-order valence-corrected chi connectivity index (χ0v) is 30.5. The van der Waals surface area contributed by atoms with Crippen molar-refractivity contribution in [1.29, 1.82) is 0 Å². The van der Waals surface area contributed by atoms with Crippen LogP contribution in [0.25, 0.3) is 11.0 Å². The van der Waals surface area contributed by atoms with Crippen molar-refractivity contribution in [1.82, 2.24) is 30.0 Å². The topological polar surface area (TPSA) is 144 Å². The Hall–Kier alpha value is -5.55. The first kappa shape index (κ1) is 33.6. The summed E-state index contributed by atoms with van der Waals surface area (Å²) in [5.74, 6) is 0.616. The molecule has 52 heavy (non-hydrogen) atoms. The van der Waals surface area contributed by atoms with Gasteiger partial charge in [-0.2, -0.15) is 0 Å². The Balaban J connectivity index is 0.946. The van der Waals surface area contributed by atoms with Gasteiger partial charge in [-0.1, -0.05) is 22.6 Å². The van der Waals surface area contributed by atoms with Gasteiger partial charge in [0.05, 0.1) is 45.0 Å². The summed E-state index contributed by atoms with van der Waals surface area (Å²) in [5, 5.41) is 21.5. The SMILES string of the molecule is Cc1cc(=O)oc2c(OCc3cn(Cc4ccc(C(=O)c5cccs5)s4)nn3)c(OCc3cn(Cc4ccc(C(=O)c5cccs5)s4)nn3)ccc12. The van der Waals surface area contributed by atoms with Crippen molar-refractivity contribution in [2.45, 2.75) is 33.2 Å². The Morgan fingerprint density at radius 2 is 1.31 bits per heavy atom. The standard InChI is InChI=1S/C36H26N6O6S4/c1-21-14-32(43)48-35-26(21)8-9-27(46-19-22-15-41(39-37-22)17-24-6-10-30(51-24)33(44)28-4-2-12-49-28)36(35)47-20-23-16-42(40-38-23)18-25-7-11-31(52-25)34(45)29-5-3-13-50-29/h2-16H,17-20H2,1H3. The summed E-state index contributed by atoms with van der Waals surface area (Å²) >= 11 is 5.69. The molecule has 1 aromatic carbocycles. The van der Waals surface area contributed by atoms with Gasteiger partial charge >= 0.3 is 5.63 Å². The molecule has 0 bridgehead atoms. The van der Waals surface area contributed by atoms with Crippen LogP contribution in [0.4, 0.5) is 0 Å². The van der Waals surface area contributed by atoms with E-state index in [4.69, 9.17) is 13.9 Å². The lowest BCUT2D eigenvalue weighted by Gasteiger charge is -2.13. The second kappa shape index (κ2) is 14.6. The molecule has 0 aliphatic carbocycles. The van der Waals surface area contributed by atoms with Gasteiger partial charge in [0.2, 0.25) is 17.3 Å². The van der Waals surface area contributed by atoms with E-state index in [1.165, 1.54) is 51.4 Å². The Morgan fingerprint density at radius 3 is 1.87 bits per heavy atom. The number of benzene rings is 1. The third-order valence-corrected chi connectivity index (χ3v) is 11.7. The van der Waals surface area contributed by atoms with Crippen molar-refractivity contribution in [3.63, 3.8) is 0 Å². The Bertz CT molecular complexity index is 2580. The molecule has 0 amide bonds. The van der Waals surface area contributed by atoms with E-state index in [2.05, 4.69) is 20.6 Å². The van der Waals surface area contributed by atoms with Gasteiger partial charge in [-0.25, -0.2) is 14.2 Å². The highest BCUT2D eigenvalue weighted by Crippen LogP contribution is 2.37. The van der Waals surface area contributed by atoms with Crippen LogP contribution in [0.5, 0.6) is 11.5 Å². The van der Waals surface area contributed by atoms with E-state index in [1.54, 1.807) is 27.8 Å². The van der Waals surface area contributed by atoms with Crippen molar-refractivity contribution in [2.24, 2.45) is 0 Å². The van der Waals surface area contributed by atoms with Crippen molar-refractivity contribution in [3.8, 4) is 11.5 Å². The maximum atomic E-state index is 12.7. The number of fused-ring (bicyclic) bond motifs is 1. The monoisotopic (exact) mass is 766 g/mol.